The molecule has 1 aromatic carbocycles. The first-order valence-electron chi connectivity index (χ1n) is 7.08. The molecular weight excluding hydrogens is 290 g/mol. The highest BCUT2D eigenvalue weighted by molar-refractivity contribution is 7.90. The van der Waals surface area contributed by atoms with E-state index in [2.05, 4.69) is 5.32 Å². The van der Waals surface area contributed by atoms with Crippen molar-refractivity contribution in [3.8, 4) is 0 Å². The third-order valence-electron chi connectivity index (χ3n) is 3.96. The van der Waals surface area contributed by atoms with Crippen molar-refractivity contribution in [3.63, 3.8) is 0 Å². The zero-order chi connectivity index (χ0) is 15.3. The molecule has 0 atom stereocenters. The molecule has 0 spiro atoms. The molecule has 1 saturated heterocycles. The largest absolute Gasteiger partial charge is 0.381 e. The fraction of sp³-hybridized carbons (Fsp3) is 0.600. The van der Waals surface area contributed by atoms with Gasteiger partial charge >= 0.3 is 0 Å². The highest BCUT2D eigenvalue weighted by Gasteiger charge is 2.31. The van der Waals surface area contributed by atoms with Crippen LogP contribution < -0.4 is 5.32 Å². The number of methoxy groups -OCH3 is 1. The molecule has 0 aliphatic carbocycles. The number of sulfone groups is 1. The van der Waals surface area contributed by atoms with Gasteiger partial charge in [-0.2, -0.15) is 0 Å². The van der Waals surface area contributed by atoms with Crippen molar-refractivity contribution in [1.82, 2.24) is 5.32 Å². The van der Waals surface area contributed by atoms with Crippen molar-refractivity contribution in [2.24, 2.45) is 0 Å². The Balaban J connectivity index is 1.88. The summed E-state index contributed by atoms with van der Waals surface area (Å²) < 4.78 is 33.8. The van der Waals surface area contributed by atoms with E-state index >= 15 is 0 Å². The second kappa shape index (κ2) is 6.87. The number of hydrogen-bond donors (Lipinski definition) is 1. The van der Waals surface area contributed by atoms with Gasteiger partial charge in [-0.05, 0) is 17.7 Å². The Hall–Kier alpha value is -0.950. The molecule has 1 aromatic rings. The zero-order valence-electron chi connectivity index (χ0n) is 12.6. The lowest BCUT2D eigenvalue weighted by Gasteiger charge is -2.36. The minimum absolute atomic E-state index is 0.148. The second-order valence-corrected chi connectivity index (χ2v) is 7.53. The molecule has 1 fully saturated rings. The number of hydrogen-bond acceptors (Lipinski definition) is 5. The van der Waals surface area contributed by atoms with Gasteiger partial charge in [0.15, 0.2) is 9.84 Å². The van der Waals surface area contributed by atoms with Crippen LogP contribution in [0.4, 0.5) is 0 Å². The van der Waals surface area contributed by atoms with Crippen LogP contribution in [0.2, 0.25) is 0 Å². The molecular formula is C15H23NO4S. The summed E-state index contributed by atoms with van der Waals surface area (Å²) in [5.41, 5.74) is 0.908. The Morgan fingerprint density at radius 3 is 2.38 bits per heavy atom. The molecule has 0 amide bonds. The van der Waals surface area contributed by atoms with Gasteiger partial charge in [-0.1, -0.05) is 12.1 Å². The van der Waals surface area contributed by atoms with Crippen LogP contribution in [0, 0.1) is 0 Å². The molecule has 1 aliphatic rings. The van der Waals surface area contributed by atoms with Crippen molar-refractivity contribution in [1.29, 1.82) is 0 Å². The maximum absolute atomic E-state index is 11.4. The molecule has 5 nitrogen and oxygen atoms in total. The van der Waals surface area contributed by atoms with Gasteiger partial charge in [0.1, 0.15) is 0 Å². The van der Waals surface area contributed by atoms with Gasteiger partial charge < -0.3 is 14.8 Å². The Labute approximate surface area is 126 Å². The molecule has 6 heteroatoms. The van der Waals surface area contributed by atoms with Gasteiger partial charge in [0, 0.05) is 52.5 Å². The Kier molecular flexibility index (Phi) is 5.37. The third kappa shape index (κ3) is 4.51. The highest BCUT2D eigenvalue weighted by atomic mass is 32.2. The van der Waals surface area contributed by atoms with Crippen molar-refractivity contribution in [2.45, 2.75) is 29.9 Å². The summed E-state index contributed by atoms with van der Waals surface area (Å²) in [7, 11) is -1.38. The number of rotatable bonds is 6. The molecule has 0 radical (unpaired) electrons. The van der Waals surface area contributed by atoms with Crippen molar-refractivity contribution in [2.75, 3.05) is 33.1 Å². The molecule has 118 valence electrons. The molecule has 0 unspecified atom stereocenters. The first kappa shape index (κ1) is 16.4. The predicted octanol–water partition coefficient (Wildman–Crippen LogP) is 1.38. The minimum Gasteiger partial charge on any atom is -0.381 e. The molecule has 1 heterocycles. The van der Waals surface area contributed by atoms with E-state index in [0.717, 1.165) is 38.2 Å². The average Bonchev–Trinajstić information content (AvgIpc) is 2.48. The van der Waals surface area contributed by atoms with E-state index in [1.807, 2.05) is 12.1 Å². The van der Waals surface area contributed by atoms with Crippen LogP contribution in [-0.4, -0.2) is 47.1 Å². The van der Waals surface area contributed by atoms with Gasteiger partial charge in [-0.15, -0.1) is 0 Å². The highest BCUT2D eigenvalue weighted by Crippen LogP contribution is 2.23. The SMILES string of the molecule is COC1(CNCc2ccc(S(C)(=O)=O)cc2)CCOCC1. The van der Waals surface area contributed by atoms with E-state index in [4.69, 9.17) is 9.47 Å². The Bertz CT molecular complexity index is 548. The average molecular weight is 313 g/mol. The molecule has 0 bridgehead atoms. The summed E-state index contributed by atoms with van der Waals surface area (Å²) in [5.74, 6) is 0. The summed E-state index contributed by atoms with van der Waals surface area (Å²) in [5, 5.41) is 3.39. The van der Waals surface area contributed by atoms with Crippen molar-refractivity contribution >= 4 is 9.84 Å². The molecule has 0 aromatic heterocycles. The fourth-order valence-electron chi connectivity index (χ4n) is 2.49. The summed E-state index contributed by atoms with van der Waals surface area (Å²) in [6.07, 6.45) is 3.00. The van der Waals surface area contributed by atoms with Crippen LogP contribution in [0.5, 0.6) is 0 Å². The maximum Gasteiger partial charge on any atom is 0.175 e. The molecule has 2 rings (SSSR count). The minimum atomic E-state index is -3.13. The smallest absolute Gasteiger partial charge is 0.175 e. The fourth-order valence-corrected chi connectivity index (χ4v) is 3.12. The molecule has 0 saturated carbocycles. The Morgan fingerprint density at radius 1 is 1.24 bits per heavy atom. The van der Waals surface area contributed by atoms with Gasteiger partial charge in [-0.3, -0.25) is 0 Å². The van der Waals surface area contributed by atoms with E-state index in [9.17, 15) is 8.42 Å². The van der Waals surface area contributed by atoms with Gasteiger partial charge in [0.25, 0.3) is 0 Å². The van der Waals surface area contributed by atoms with Crippen molar-refractivity contribution < 1.29 is 17.9 Å². The van der Waals surface area contributed by atoms with Crippen molar-refractivity contribution in [3.05, 3.63) is 29.8 Å². The first-order chi connectivity index (χ1) is 9.95. The molecule has 1 aliphatic heterocycles. The standard InChI is InChI=1S/C15H23NO4S/c1-19-15(7-9-20-10-8-15)12-16-11-13-3-5-14(6-4-13)21(2,17)18/h3-6,16H,7-12H2,1-2H3. The summed E-state index contributed by atoms with van der Waals surface area (Å²) in [6.45, 7) is 2.92. The monoisotopic (exact) mass is 313 g/mol. The normalized spacial score (nSPS) is 18.6. The third-order valence-corrected chi connectivity index (χ3v) is 5.09. The van der Waals surface area contributed by atoms with Gasteiger partial charge in [-0.25, -0.2) is 8.42 Å². The summed E-state index contributed by atoms with van der Waals surface area (Å²) in [6, 6.07) is 6.97. The van der Waals surface area contributed by atoms with Crippen LogP contribution in [-0.2, 0) is 25.9 Å². The van der Waals surface area contributed by atoms with Crippen LogP contribution in [0.3, 0.4) is 0 Å². The lowest BCUT2D eigenvalue weighted by molar-refractivity contribution is -0.0877. The van der Waals surface area contributed by atoms with Crippen LogP contribution in [0.15, 0.2) is 29.2 Å². The number of ether oxygens (including phenoxy) is 2. The number of nitrogens with one attached hydrogen (secondary N) is 1. The van der Waals surface area contributed by atoms with Crippen LogP contribution >= 0.6 is 0 Å². The van der Waals surface area contributed by atoms with E-state index in [0.29, 0.717) is 11.4 Å². The van der Waals surface area contributed by atoms with E-state index in [1.54, 1.807) is 19.2 Å². The molecule has 21 heavy (non-hydrogen) atoms. The zero-order valence-corrected chi connectivity index (χ0v) is 13.4. The predicted molar refractivity (Wildman–Crippen MR) is 81.1 cm³/mol. The van der Waals surface area contributed by atoms with E-state index < -0.39 is 9.84 Å². The summed E-state index contributed by atoms with van der Waals surface area (Å²) in [4.78, 5) is 0.351. The Morgan fingerprint density at radius 2 is 1.86 bits per heavy atom. The van der Waals surface area contributed by atoms with Gasteiger partial charge in [0.05, 0.1) is 10.5 Å². The van der Waals surface area contributed by atoms with Crippen LogP contribution in [0.1, 0.15) is 18.4 Å². The summed E-state index contributed by atoms with van der Waals surface area (Å²) >= 11 is 0. The second-order valence-electron chi connectivity index (χ2n) is 5.52. The lowest BCUT2D eigenvalue weighted by Crippen LogP contribution is -2.46. The molecule has 1 N–H and O–H groups in total. The maximum atomic E-state index is 11.4. The van der Waals surface area contributed by atoms with Crippen LogP contribution in [0.25, 0.3) is 0 Å². The topological polar surface area (TPSA) is 64.6 Å². The number of benzene rings is 1. The van der Waals surface area contributed by atoms with E-state index in [1.165, 1.54) is 6.26 Å². The van der Waals surface area contributed by atoms with Gasteiger partial charge in [0.2, 0.25) is 0 Å². The quantitative estimate of drug-likeness (QED) is 0.859. The van der Waals surface area contributed by atoms with E-state index in [-0.39, 0.29) is 5.60 Å². The first-order valence-corrected chi connectivity index (χ1v) is 8.97. The lowest BCUT2D eigenvalue weighted by atomic mass is 9.94.